The van der Waals surface area contributed by atoms with E-state index < -0.39 is 28.0 Å². The van der Waals surface area contributed by atoms with Crippen LogP contribution in [0.1, 0.15) is 18.9 Å². The first kappa shape index (κ1) is 14.7. The van der Waals surface area contributed by atoms with Crippen LogP contribution in [0.3, 0.4) is 0 Å². The number of aryl methyl sites for hydroxylation is 1. The van der Waals surface area contributed by atoms with Gasteiger partial charge in [-0.25, -0.2) is 13.1 Å². The first-order valence-electron chi connectivity index (χ1n) is 6.45. The second-order valence-corrected chi connectivity index (χ2v) is 6.44. The number of benzene rings is 1. The Bertz CT molecular complexity index is 636. The molecule has 0 aromatic heterocycles. The number of carbonyl (C=O) groups is 1. The molecule has 0 fully saturated rings. The molecule has 5 nitrogen and oxygen atoms in total. The molecule has 0 saturated carbocycles. The quantitative estimate of drug-likeness (QED) is 0.807. The summed E-state index contributed by atoms with van der Waals surface area (Å²) in [4.78, 5) is 11.1. The lowest BCUT2D eigenvalue weighted by atomic mass is 10.1. The van der Waals surface area contributed by atoms with E-state index in [0.29, 0.717) is 6.42 Å². The van der Waals surface area contributed by atoms with E-state index in [-0.39, 0.29) is 11.3 Å². The van der Waals surface area contributed by atoms with Gasteiger partial charge in [-0.15, -0.1) is 0 Å². The number of hydrogen-bond donors (Lipinski definition) is 2. The van der Waals surface area contributed by atoms with Crippen LogP contribution < -0.4 is 4.72 Å². The fraction of sp³-hybridized carbons (Fsp3) is 0.357. The van der Waals surface area contributed by atoms with Gasteiger partial charge < -0.3 is 5.11 Å². The molecular formula is C14H17NO4S. The molecule has 0 radical (unpaired) electrons. The Morgan fingerprint density at radius 2 is 2.05 bits per heavy atom. The van der Waals surface area contributed by atoms with Gasteiger partial charge in [-0.1, -0.05) is 37.3 Å². The van der Waals surface area contributed by atoms with E-state index in [0.717, 1.165) is 5.56 Å². The van der Waals surface area contributed by atoms with Gasteiger partial charge in [0.25, 0.3) is 0 Å². The van der Waals surface area contributed by atoms with Gasteiger partial charge in [-0.2, -0.15) is 0 Å². The number of hydrogen-bond acceptors (Lipinski definition) is 3. The molecule has 1 aliphatic rings. The third-order valence-electron chi connectivity index (χ3n) is 3.35. The Balaban J connectivity index is 2.17. The molecule has 2 rings (SSSR count). The summed E-state index contributed by atoms with van der Waals surface area (Å²) in [5, 5.41) is 8.90. The molecule has 20 heavy (non-hydrogen) atoms. The molecule has 0 aliphatic heterocycles. The van der Waals surface area contributed by atoms with Crippen molar-refractivity contribution in [3.8, 4) is 0 Å². The Morgan fingerprint density at radius 1 is 1.35 bits per heavy atom. The van der Waals surface area contributed by atoms with Crippen LogP contribution in [0.5, 0.6) is 0 Å². The molecule has 6 heteroatoms. The third-order valence-corrected chi connectivity index (χ3v) is 4.94. The van der Waals surface area contributed by atoms with Gasteiger partial charge in [0.05, 0.1) is 10.8 Å². The Morgan fingerprint density at radius 3 is 2.65 bits per heavy atom. The third kappa shape index (κ3) is 3.08. The largest absolute Gasteiger partial charge is 0.481 e. The van der Waals surface area contributed by atoms with Crippen LogP contribution in [0.4, 0.5) is 0 Å². The Kier molecular flexibility index (Phi) is 4.25. The molecule has 2 unspecified atom stereocenters. The lowest BCUT2D eigenvalue weighted by Gasteiger charge is -2.14. The Labute approximate surface area is 118 Å². The minimum atomic E-state index is -3.63. The van der Waals surface area contributed by atoms with E-state index in [1.807, 2.05) is 6.92 Å². The lowest BCUT2D eigenvalue weighted by molar-refractivity contribution is -0.140. The fourth-order valence-electron chi connectivity index (χ4n) is 2.29. The van der Waals surface area contributed by atoms with Crippen molar-refractivity contribution in [1.82, 2.24) is 4.72 Å². The molecule has 2 N–H and O–H groups in total. The predicted octanol–water partition coefficient (Wildman–Crippen LogP) is 1.56. The zero-order chi connectivity index (χ0) is 14.8. The van der Waals surface area contributed by atoms with E-state index in [1.165, 1.54) is 6.08 Å². The van der Waals surface area contributed by atoms with Gasteiger partial charge in [0.1, 0.15) is 0 Å². The van der Waals surface area contributed by atoms with Crippen LogP contribution >= 0.6 is 0 Å². The van der Waals surface area contributed by atoms with E-state index in [9.17, 15) is 13.2 Å². The molecule has 0 saturated heterocycles. The summed E-state index contributed by atoms with van der Waals surface area (Å²) in [6, 6.07) is 6.35. The maximum Gasteiger partial charge on any atom is 0.310 e. The number of sulfonamides is 1. The van der Waals surface area contributed by atoms with Crippen molar-refractivity contribution in [2.75, 3.05) is 0 Å². The van der Waals surface area contributed by atoms with E-state index >= 15 is 0 Å². The second-order valence-electron chi connectivity index (χ2n) is 4.75. The smallest absolute Gasteiger partial charge is 0.310 e. The number of nitrogens with one attached hydrogen (secondary N) is 1. The van der Waals surface area contributed by atoms with Crippen LogP contribution in [0, 0.1) is 5.92 Å². The predicted molar refractivity (Wildman–Crippen MR) is 74.8 cm³/mol. The normalized spacial score (nSPS) is 22.1. The van der Waals surface area contributed by atoms with Crippen molar-refractivity contribution in [3.05, 3.63) is 42.0 Å². The molecule has 1 aromatic carbocycles. The van der Waals surface area contributed by atoms with Gasteiger partial charge in [0.15, 0.2) is 0 Å². The standard InChI is InChI=1S/C14H17NO4S/c1-2-10-5-3-4-6-13(10)20(18,19)15-12-8-7-11(9-12)14(16)17/h3-8,11-12,15H,2,9H2,1H3,(H,16,17). The fourth-order valence-corrected chi connectivity index (χ4v) is 3.81. The zero-order valence-electron chi connectivity index (χ0n) is 11.1. The molecule has 0 bridgehead atoms. The minimum Gasteiger partial charge on any atom is -0.481 e. The highest BCUT2D eigenvalue weighted by Crippen LogP contribution is 2.21. The summed E-state index contributed by atoms with van der Waals surface area (Å²) in [5.41, 5.74) is 0.747. The van der Waals surface area contributed by atoms with Crippen molar-refractivity contribution in [2.24, 2.45) is 5.92 Å². The summed E-state index contributed by atoms with van der Waals surface area (Å²) < 4.78 is 27.3. The second kappa shape index (κ2) is 5.76. The average molecular weight is 295 g/mol. The summed E-state index contributed by atoms with van der Waals surface area (Å²) >= 11 is 0. The maximum absolute atomic E-state index is 12.4. The molecule has 0 amide bonds. The number of carboxylic acids is 1. The summed E-state index contributed by atoms with van der Waals surface area (Å²) in [7, 11) is -3.63. The van der Waals surface area contributed by atoms with E-state index in [2.05, 4.69) is 4.72 Å². The van der Waals surface area contributed by atoms with Crippen molar-refractivity contribution < 1.29 is 18.3 Å². The molecule has 1 aliphatic carbocycles. The van der Waals surface area contributed by atoms with Gasteiger partial charge in [-0.05, 0) is 24.5 Å². The van der Waals surface area contributed by atoms with Crippen LogP contribution in [-0.2, 0) is 21.2 Å². The average Bonchev–Trinajstić information content (AvgIpc) is 2.86. The van der Waals surface area contributed by atoms with Crippen molar-refractivity contribution >= 4 is 16.0 Å². The van der Waals surface area contributed by atoms with Crippen LogP contribution in [0.2, 0.25) is 0 Å². The molecule has 0 spiro atoms. The monoisotopic (exact) mass is 295 g/mol. The summed E-state index contributed by atoms with van der Waals surface area (Å²) in [6.45, 7) is 1.89. The zero-order valence-corrected chi connectivity index (χ0v) is 11.9. The SMILES string of the molecule is CCc1ccccc1S(=O)(=O)NC1C=CC(C(=O)O)C1. The van der Waals surface area contributed by atoms with Crippen LogP contribution in [-0.4, -0.2) is 25.5 Å². The van der Waals surface area contributed by atoms with E-state index in [4.69, 9.17) is 5.11 Å². The number of rotatable bonds is 5. The highest BCUT2D eigenvalue weighted by atomic mass is 32.2. The molecule has 108 valence electrons. The van der Waals surface area contributed by atoms with Gasteiger partial charge >= 0.3 is 5.97 Å². The molecular weight excluding hydrogens is 278 g/mol. The number of carboxylic acid groups (broad SMARTS) is 1. The number of aliphatic carboxylic acids is 1. The highest BCUT2D eigenvalue weighted by molar-refractivity contribution is 7.89. The lowest BCUT2D eigenvalue weighted by Crippen LogP contribution is -2.33. The topological polar surface area (TPSA) is 83.5 Å². The first-order chi connectivity index (χ1) is 9.44. The van der Waals surface area contributed by atoms with Crippen LogP contribution in [0.15, 0.2) is 41.3 Å². The highest BCUT2D eigenvalue weighted by Gasteiger charge is 2.28. The maximum atomic E-state index is 12.4. The molecule has 1 aromatic rings. The summed E-state index contributed by atoms with van der Waals surface area (Å²) in [5.74, 6) is -1.55. The Hall–Kier alpha value is -1.66. The molecule has 0 heterocycles. The van der Waals surface area contributed by atoms with Crippen molar-refractivity contribution in [3.63, 3.8) is 0 Å². The van der Waals surface area contributed by atoms with Crippen molar-refractivity contribution in [2.45, 2.75) is 30.7 Å². The summed E-state index contributed by atoms with van der Waals surface area (Å²) in [6.07, 6.45) is 4.00. The first-order valence-corrected chi connectivity index (χ1v) is 7.93. The van der Waals surface area contributed by atoms with Gasteiger partial charge in [0, 0.05) is 6.04 Å². The minimum absolute atomic E-state index is 0.253. The van der Waals surface area contributed by atoms with Crippen molar-refractivity contribution in [1.29, 1.82) is 0 Å². The van der Waals surface area contributed by atoms with Gasteiger partial charge in [0.2, 0.25) is 10.0 Å². The van der Waals surface area contributed by atoms with Crippen LogP contribution in [0.25, 0.3) is 0 Å². The van der Waals surface area contributed by atoms with Gasteiger partial charge in [-0.3, -0.25) is 4.79 Å². The van der Waals surface area contributed by atoms with E-state index in [1.54, 1.807) is 30.3 Å². The molecule has 2 atom stereocenters.